The van der Waals surface area contributed by atoms with E-state index in [9.17, 15) is 9.59 Å². The summed E-state index contributed by atoms with van der Waals surface area (Å²) in [6, 6.07) is 1.38. The van der Waals surface area contributed by atoms with Crippen LogP contribution in [-0.4, -0.2) is 158 Å². The highest BCUT2D eigenvalue weighted by Crippen LogP contribution is 2.21. The molecule has 4 rings (SSSR count). The van der Waals surface area contributed by atoms with Gasteiger partial charge in [-0.1, -0.05) is 27.7 Å². The zero-order chi connectivity index (χ0) is 32.6. The largest absolute Gasteiger partial charge is 0.301 e. The Bertz CT molecular complexity index is 773. The van der Waals surface area contributed by atoms with Crippen molar-refractivity contribution >= 4 is 11.6 Å². The molecule has 0 aromatic heterocycles. The van der Waals surface area contributed by atoms with E-state index in [2.05, 4.69) is 57.1 Å². The molecule has 8 nitrogen and oxygen atoms in total. The summed E-state index contributed by atoms with van der Waals surface area (Å²) in [5.74, 6) is 2.56. The molecule has 0 unspecified atom stereocenters. The highest BCUT2D eigenvalue weighted by atomic mass is 16.1. The highest BCUT2D eigenvalue weighted by Gasteiger charge is 2.26. The molecule has 44 heavy (non-hydrogen) atoms. The van der Waals surface area contributed by atoms with Crippen molar-refractivity contribution in [1.82, 2.24) is 29.4 Å². The maximum absolute atomic E-state index is 11.8. The summed E-state index contributed by atoms with van der Waals surface area (Å²) in [5.41, 5.74) is 0. The van der Waals surface area contributed by atoms with Gasteiger partial charge >= 0.3 is 0 Å². The van der Waals surface area contributed by atoms with Gasteiger partial charge in [0.2, 0.25) is 0 Å². The lowest BCUT2D eigenvalue weighted by Crippen LogP contribution is -2.50. The summed E-state index contributed by atoms with van der Waals surface area (Å²) in [4.78, 5) is 38.1. The van der Waals surface area contributed by atoms with Gasteiger partial charge in [-0.15, -0.1) is 0 Å². The van der Waals surface area contributed by atoms with Crippen molar-refractivity contribution in [3.8, 4) is 0 Å². The number of Topliss-reactive ketones (excluding diaryl/α,β-unsaturated/α-hetero) is 2. The molecule has 4 aliphatic rings. The number of likely N-dealkylation sites (tertiary alicyclic amines) is 2. The SMILES string of the molecule is CC.CC(=O)CN1CCC(CN2CCN(C(C)C)CC2)CC1.CC(C)C(=O)CN1CCN(CC2CCN(C(C)C)CC2)CC1. The number of hydrogen-bond acceptors (Lipinski definition) is 8. The number of nitrogens with zero attached hydrogens (tertiary/aromatic N) is 6. The lowest BCUT2D eigenvalue weighted by atomic mass is 9.95. The number of carbonyl (C=O) groups excluding carboxylic acids is 2. The minimum absolute atomic E-state index is 0.171. The fourth-order valence-corrected chi connectivity index (χ4v) is 7.02. The van der Waals surface area contributed by atoms with E-state index in [0.29, 0.717) is 36.7 Å². The van der Waals surface area contributed by atoms with Gasteiger partial charge in [0, 0.05) is 83.4 Å². The van der Waals surface area contributed by atoms with Crippen molar-refractivity contribution < 1.29 is 9.59 Å². The standard InChI is InChI=1S/C18H35N3O.C16H31N3O.C2H6/c1-15(2)18(22)14-20-11-9-19(10-12-20)13-17-5-7-21(8-6-17)16(3)4;1-14(2)19-10-8-18(9-11-19)13-16-4-6-17(7-5-16)12-15(3)20;1-2/h15-17H,5-14H2,1-4H3;14,16H,4-13H2,1-3H3;1-2H3. The third-order valence-electron chi connectivity index (χ3n) is 10.2. The van der Waals surface area contributed by atoms with Crippen LogP contribution in [0.1, 0.15) is 88.0 Å². The zero-order valence-electron chi connectivity index (χ0n) is 30.5. The fourth-order valence-electron chi connectivity index (χ4n) is 7.02. The van der Waals surface area contributed by atoms with Crippen molar-refractivity contribution in [2.24, 2.45) is 17.8 Å². The maximum Gasteiger partial charge on any atom is 0.149 e. The first-order valence-corrected chi connectivity index (χ1v) is 18.4. The first kappa shape index (κ1) is 39.3. The average molecular weight is 621 g/mol. The van der Waals surface area contributed by atoms with Crippen LogP contribution in [0.15, 0.2) is 0 Å². The van der Waals surface area contributed by atoms with Gasteiger partial charge in [-0.05, 0) is 98.3 Å². The first-order chi connectivity index (χ1) is 21.0. The smallest absolute Gasteiger partial charge is 0.149 e. The van der Waals surface area contributed by atoms with Crippen molar-refractivity contribution in [1.29, 1.82) is 0 Å². The normalized spacial score (nSPS) is 23.0. The van der Waals surface area contributed by atoms with Crippen LogP contribution >= 0.6 is 0 Å². The van der Waals surface area contributed by atoms with E-state index < -0.39 is 0 Å². The lowest BCUT2D eigenvalue weighted by Gasteiger charge is -2.40. The van der Waals surface area contributed by atoms with Gasteiger partial charge in [0.25, 0.3) is 0 Å². The van der Waals surface area contributed by atoms with E-state index in [1.54, 1.807) is 6.92 Å². The molecular formula is C36H72N6O2. The van der Waals surface area contributed by atoms with Crippen molar-refractivity contribution in [3.05, 3.63) is 0 Å². The van der Waals surface area contributed by atoms with Gasteiger partial charge in [0.05, 0.1) is 13.1 Å². The molecular weight excluding hydrogens is 548 g/mol. The Morgan fingerprint density at radius 2 is 0.886 bits per heavy atom. The Balaban J connectivity index is 0.000000292. The molecule has 0 atom stereocenters. The van der Waals surface area contributed by atoms with Gasteiger partial charge in [0.1, 0.15) is 11.6 Å². The average Bonchev–Trinajstić information content (AvgIpc) is 3.01. The molecule has 258 valence electrons. The summed E-state index contributed by atoms with van der Waals surface area (Å²) < 4.78 is 0. The third kappa shape index (κ3) is 14.7. The molecule has 4 aliphatic heterocycles. The summed E-state index contributed by atoms with van der Waals surface area (Å²) in [5, 5.41) is 0. The molecule has 4 saturated heterocycles. The molecule has 0 saturated carbocycles. The number of ketones is 2. The van der Waals surface area contributed by atoms with Gasteiger partial charge in [-0.3, -0.25) is 24.3 Å². The van der Waals surface area contributed by atoms with Crippen LogP contribution in [0.5, 0.6) is 0 Å². The predicted octanol–water partition coefficient (Wildman–Crippen LogP) is 4.29. The molecule has 0 N–H and O–H groups in total. The molecule has 8 heteroatoms. The molecule has 0 aliphatic carbocycles. The maximum atomic E-state index is 11.8. The van der Waals surface area contributed by atoms with E-state index >= 15 is 0 Å². The van der Waals surface area contributed by atoms with Crippen LogP contribution in [0, 0.1) is 17.8 Å². The first-order valence-electron chi connectivity index (χ1n) is 18.4. The summed E-state index contributed by atoms with van der Waals surface area (Å²) in [6.07, 6.45) is 5.23. The van der Waals surface area contributed by atoms with Crippen LogP contribution in [-0.2, 0) is 9.59 Å². The van der Waals surface area contributed by atoms with Crippen LogP contribution in [0.4, 0.5) is 0 Å². The molecule has 0 bridgehead atoms. The lowest BCUT2D eigenvalue weighted by molar-refractivity contribution is -0.123. The number of piperidine rings is 2. The van der Waals surface area contributed by atoms with Gasteiger partial charge in [0.15, 0.2) is 0 Å². The molecule has 0 spiro atoms. The fraction of sp³-hybridized carbons (Fsp3) is 0.944. The Kier molecular flexibility index (Phi) is 18.8. The van der Waals surface area contributed by atoms with E-state index in [0.717, 1.165) is 51.1 Å². The Hall–Kier alpha value is -0.900. The second-order valence-corrected chi connectivity index (χ2v) is 14.6. The van der Waals surface area contributed by atoms with Gasteiger partial charge in [-0.25, -0.2) is 0 Å². The van der Waals surface area contributed by atoms with Crippen LogP contribution < -0.4 is 0 Å². The Morgan fingerprint density at radius 1 is 0.523 bits per heavy atom. The minimum Gasteiger partial charge on any atom is -0.301 e. The van der Waals surface area contributed by atoms with Crippen LogP contribution in [0.2, 0.25) is 0 Å². The predicted molar refractivity (Wildman–Crippen MR) is 186 cm³/mol. The Labute approximate surface area is 272 Å². The minimum atomic E-state index is 0.171. The van der Waals surface area contributed by atoms with E-state index in [-0.39, 0.29) is 5.92 Å². The highest BCUT2D eigenvalue weighted by molar-refractivity contribution is 5.82. The Morgan fingerprint density at radius 3 is 1.30 bits per heavy atom. The second kappa shape index (κ2) is 21.1. The molecule has 4 fully saturated rings. The molecule has 0 amide bonds. The van der Waals surface area contributed by atoms with E-state index in [1.165, 1.54) is 78.0 Å². The topological polar surface area (TPSA) is 53.6 Å². The molecule has 4 heterocycles. The van der Waals surface area contributed by atoms with Crippen LogP contribution in [0.3, 0.4) is 0 Å². The van der Waals surface area contributed by atoms with E-state index in [4.69, 9.17) is 0 Å². The monoisotopic (exact) mass is 621 g/mol. The van der Waals surface area contributed by atoms with Crippen molar-refractivity contribution in [2.45, 2.75) is 100 Å². The number of rotatable bonds is 11. The molecule has 0 aromatic rings. The summed E-state index contributed by atoms with van der Waals surface area (Å²) in [6.45, 7) is 36.8. The van der Waals surface area contributed by atoms with E-state index in [1.807, 2.05) is 27.7 Å². The van der Waals surface area contributed by atoms with Crippen molar-refractivity contribution in [2.75, 3.05) is 105 Å². The number of hydrogen-bond donors (Lipinski definition) is 0. The second-order valence-electron chi connectivity index (χ2n) is 14.6. The van der Waals surface area contributed by atoms with Crippen LogP contribution in [0.25, 0.3) is 0 Å². The quantitative estimate of drug-likeness (QED) is 0.339. The summed E-state index contributed by atoms with van der Waals surface area (Å²) >= 11 is 0. The number of piperazine rings is 2. The number of carbonyl (C=O) groups is 2. The third-order valence-corrected chi connectivity index (χ3v) is 10.2. The van der Waals surface area contributed by atoms with Crippen molar-refractivity contribution in [3.63, 3.8) is 0 Å². The molecule has 0 radical (unpaired) electrons. The summed E-state index contributed by atoms with van der Waals surface area (Å²) in [7, 11) is 0. The molecule has 0 aromatic carbocycles. The van der Waals surface area contributed by atoms with Gasteiger partial charge in [-0.2, -0.15) is 0 Å². The van der Waals surface area contributed by atoms with Gasteiger partial charge < -0.3 is 14.7 Å². The zero-order valence-corrected chi connectivity index (χ0v) is 30.5.